The maximum atomic E-state index is 13.6. The molecule has 0 saturated carbocycles. The van der Waals surface area contributed by atoms with Crippen LogP contribution in [0.15, 0.2) is 24.4 Å². The number of hydrogen-bond donors (Lipinski definition) is 1. The Hall–Kier alpha value is -2.02. The van der Waals surface area contributed by atoms with Gasteiger partial charge in [-0.05, 0) is 12.5 Å². The lowest BCUT2D eigenvalue weighted by Crippen LogP contribution is -2.06. The predicted molar refractivity (Wildman–Crippen MR) is 76.7 cm³/mol. The third-order valence-electron chi connectivity index (χ3n) is 2.77. The van der Waals surface area contributed by atoms with Gasteiger partial charge in [-0.25, -0.2) is 9.37 Å². The van der Waals surface area contributed by atoms with Crippen molar-refractivity contribution in [3.05, 3.63) is 50.2 Å². The molecule has 0 atom stereocenters. The summed E-state index contributed by atoms with van der Waals surface area (Å²) in [6, 6.07) is 3.58. The van der Waals surface area contributed by atoms with Crippen molar-refractivity contribution in [1.29, 1.82) is 0 Å². The smallest absolute Gasteiger partial charge is 0.272 e. The molecule has 0 saturated heterocycles. The number of benzene rings is 1. The molecule has 1 aromatic carbocycles. The van der Waals surface area contributed by atoms with E-state index >= 15 is 0 Å². The van der Waals surface area contributed by atoms with E-state index in [9.17, 15) is 14.5 Å². The van der Waals surface area contributed by atoms with Crippen LogP contribution in [0.2, 0.25) is 0 Å². The van der Waals surface area contributed by atoms with E-state index in [1.54, 1.807) is 11.3 Å². The number of aryl methyl sites for hydroxylation is 1. The zero-order valence-electron chi connectivity index (χ0n) is 10.9. The number of nitrogens with zero attached hydrogens (tertiary/aromatic N) is 2. The number of anilines is 1. The lowest BCUT2D eigenvalue weighted by molar-refractivity contribution is -0.385. The Morgan fingerprint density at radius 2 is 2.30 bits per heavy atom. The van der Waals surface area contributed by atoms with E-state index in [2.05, 4.69) is 17.2 Å². The normalized spacial score (nSPS) is 10.5. The summed E-state index contributed by atoms with van der Waals surface area (Å²) < 4.78 is 13.6. The first-order valence-corrected chi connectivity index (χ1v) is 7.03. The molecule has 2 aromatic rings. The Balaban J connectivity index is 1.92. The predicted octanol–water partition coefficient (Wildman–Crippen LogP) is 3.41. The second-order valence-corrected chi connectivity index (χ2v) is 5.37. The van der Waals surface area contributed by atoms with Gasteiger partial charge in [0.1, 0.15) is 0 Å². The van der Waals surface area contributed by atoms with Crippen molar-refractivity contribution >= 4 is 22.7 Å². The summed E-state index contributed by atoms with van der Waals surface area (Å²) in [5, 5.41) is 14.4. The Morgan fingerprint density at radius 3 is 2.90 bits per heavy atom. The standard InChI is InChI=1S/C13H14FN3O2S/c1-2-10-8-16-13(20-10)5-6-15-12-4-3-9(17(18)19)7-11(12)14/h3-4,7-8,15H,2,5-6H2,1H3. The molecular weight excluding hydrogens is 281 g/mol. The molecule has 0 fully saturated rings. The summed E-state index contributed by atoms with van der Waals surface area (Å²) in [5.74, 6) is -0.618. The van der Waals surface area contributed by atoms with Gasteiger partial charge in [0.05, 0.1) is 21.7 Å². The average Bonchev–Trinajstić information content (AvgIpc) is 2.88. The molecule has 0 unspecified atom stereocenters. The average molecular weight is 295 g/mol. The van der Waals surface area contributed by atoms with Crippen LogP contribution in [0.1, 0.15) is 16.8 Å². The second kappa shape index (κ2) is 6.42. The fourth-order valence-electron chi connectivity index (χ4n) is 1.69. The van der Waals surface area contributed by atoms with E-state index in [0.29, 0.717) is 13.0 Å². The van der Waals surface area contributed by atoms with Gasteiger partial charge in [-0.3, -0.25) is 10.1 Å². The fourth-order valence-corrected chi connectivity index (χ4v) is 2.55. The van der Waals surface area contributed by atoms with E-state index in [1.807, 2.05) is 6.20 Å². The van der Waals surface area contributed by atoms with Crippen LogP contribution in [-0.2, 0) is 12.8 Å². The number of nitro benzene ring substituents is 1. The van der Waals surface area contributed by atoms with Crippen LogP contribution < -0.4 is 5.32 Å². The van der Waals surface area contributed by atoms with Gasteiger partial charge in [0, 0.05) is 30.1 Å². The molecule has 0 amide bonds. The maximum Gasteiger partial charge on any atom is 0.272 e. The first kappa shape index (κ1) is 14.4. The quantitative estimate of drug-likeness (QED) is 0.655. The number of non-ortho nitro benzene ring substituents is 1. The van der Waals surface area contributed by atoms with Gasteiger partial charge in [0.25, 0.3) is 5.69 Å². The molecule has 0 aliphatic carbocycles. The van der Waals surface area contributed by atoms with Gasteiger partial charge in [-0.1, -0.05) is 6.92 Å². The number of halogens is 1. The Bertz CT molecular complexity index is 615. The molecule has 0 aliphatic heterocycles. The van der Waals surface area contributed by atoms with Crippen LogP contribution in [0.25, 0.3) is 0 Å². The number of rotatable bonds is 6. The lowest BCUT2D eigenvalue weighted by Gasteiger charge is -2.06. The minimum absolute atomic E-state index is 0.249. The fraction of sp³-hybridized carbons (Fsp3) is 0.308. The first-order chi connectivity index (χ1) is 9.60. The SMILES string of the molecule is CCc1cnc(CCNc2ccc([N+](=O)[O-])cc2F)s1. The van der Waals surface area contributed by atoms with Crippen LogP contribution in [0.4, 0.5) is 15.8 Å². The molecule has 1 heterocycles. The molecule has 7 heteroatoms. The molecule has 106 valence electrons. The molecule has 0 bridgehead atoms. The molecular formula is C13H14FN3O2S. The molecule has 2 rings (SSSR count). The van der Waals surface area contributed by atoms with Crippen LogP contribution in [0.5, 0.6) is 0 Å². The van der Waals surface area contributed by atoms with Gasteiger partial charge >= 0.3 is 0 Å². The molecule has 1 N–H and O–H groups in total. The lowest BCUT2D eigenvalue weighted by atomic mass is 10.2. The minimum atomic E-state index is -0.618. The summed E-state index contributed by atoms with van der Waals surface area (Å²) in [6.45, 7) is 2.60. The Kier molecular flexibility index (Phi) is 4.62. The monoisotopic (exact) mass is 295 g/mol. The van der Waals surface area contributed by atoms with Gasteiger partial charge in [-0.15, -0.1) is 11.3 Å². The molecule has 20 heavy (non-hydrogen) atoms. The molecule has 0 radical (unpaired) electrons. The number of nitro groups is 1. The van der Waals surface area contributed by atoms with Crippen LogP contribution >= 0.6 is 11.3 Å². The van der Waals surface area contributed by atoms with Crippen LogP contribution in [-0.4, -0.2) is 16.5 Å². The van der Waals surface area contributed by atoms with Crippen molar-refractivity contribution < 1.29 is 9.31 Å². The summed E-state index contributed by atoms with van der Waals surface area (Å²) in [4.78, 5) is 15.4. The zero-order valence-corrected chi connectivity index (χ0v) is 11.7. The summed E-state index contributed by atoms with van der Waals surface area (Å²) >= 11 is 1.64. The van der Waals surface area contributed by atoms with Crippen molar-refractivity contribution in [2.45, 2.75) is 19.8 Å². The van der Waals surface area contributed by atoms with Gasteiger partial charge in [0.2, 0.25) is 0 Å². The van der Waals surface area contributed by atoms with E-state index < -0.39 is 10.7 Å². The van der Waals surface area contributed by atoms with Gasteiger partial charge in [0.15, 0.2) is 5.82 Å². The summed E-state index contributed by atoms with van der Waals surface area (Å²) in [6.07, 6.45) is 3.51. The van der Waals surface area contributed by atoms with Crippen molar-refractivity contribution in [1.82, 2.24) is 4.98 Å². The summed E-state index contributed by atoms with van der Waals surface area (Å²) in [7, 11) is 0. The van der Waals surface area contributed by atoms with E-state index in [0.717, 1.165) is 17.5 Å². The molecule has 0 spiro atoms. The highest BCUT2D eigenvalue weighted by Crippen LogP contribution is 2.20. The van der Waals surface area contributed by atoms with Crippen molar-refractivity contribution in [2.24, 2.45) is 0 Å². The number of nitrogens with one attached hydrogen (secondary N) is 1. The van der Waals surface area contributed by atoms with Gasteiger partial charge < -0.3 is 5.32 Å². The highest BCUT2D eigenvalue weighted by molar-refractivity contribution is 7.11. The Labute approximate surface area is 119 Å². The van der Waals surface area contributed by atoms with E-state index in [1.165, 1.54) is 17.0 Å². The van der Waals surface area contributed by atoms with Crippen molar-refractivity contribution in [3.8, 4) is 0 Å². The number of aromatic nitrogens is 1. The number of thiazole rings is 1. The van der Waals surface area contributed by atoms with Gasteiger partial charge in [-0.2, -0.15) is 0 Å². The topological polar surface area (TPSA) is 68.1 Å². The molecule has 5 nitrogen and oxygen atoms in total. The Morgan fingerprint density at radius 1 is 1.50 bits per heavy atom. The maximum absolute atomic E-state index is 13.6. The molecule has 1 aromatic heterocycles. The van der Waals surface area contributed by atoms with Crippen LogP contribution in [0.3, 0.4) is 0 Å². The summed E-state index contributed by atoms with van der Waals surface area (Å²) in [5.41, 5.74) is 0.0171. The van der Waals surface area contributed by atoms with Crippen molar-refractivity contribution in [2.75, 3.05) is 11.9 Å². The van der Waals surface area contributed by atoms with E-state index in [4.69, 9.17) is 0 Å². The third kappa shape index (κ3) is 3.51. The highest BCUT2D eigenvalue weighted by atomic mass is 32.1. The van der Waals surface area contributed by atoms with Crippen molar-refractivity contribution in [3.63, 3.8) is 0 Å². The molecule has 0 aliphatic rings. The third-order valence-corrected chi connectivity index (χ3v) is 3.97. The number of hydrogen-bond acceptors (Lipinski definition) is 5. The highest BCUT2D eigenvalue weighted by Gasteiger charge is 2.10. The van der Waals surface area contributed by atoms with E-state index in [-0.39, 0.29) is 11.4 Å². The second-order valence-electron chi connectivity index (χ2n) is 4.17. The largest absolute Gasteiger partial charge is 0.382 e. The zero-order chi connectivity index (χ0) is 14.5. The first-order valence-electron chi connectivity index (χ1n) is 6.21. The van der Waals surface area contributed by atoms with Crippen LogP contribution in [0, 0.1) is 15.9 Å². The minimum Gasteiger partial charge on any atom is -0.382 e.